The van der Waals surface area contributed by atoms with E-state index in [1.807, 2.05) is 0 Å². The Bertz CT molecular complexity index is 471. The minimum Gasteiger partial charge on any atom is -0.469 e. The van der Waals surface area contributed by atoms with Crippen LogP contribution in [0.2, 0.25) is 0 Å². The zero-order valence-corrected chi connectivity index (χ0v) is 12.8. The Labute approximate surface area is 123 Å². The molecule has 1 atom stereocenters. The molecule has 0 aliphatic carbocycles. The molecule has 21 heavy (non-hydrogen) atoms. The molecule has 0 spiro atoms. The standard InChI is InChI=1S/C11H20N2O7S/c1-19-10(15)8-3-5-13(6-4-8)21(17,18)12-9(7-14)11(16)20-2/h8-9,12,14H,3-7H2,1-2H3. The molecule has 9 nitrogen and oxygen atoms in total. The van der Waals surface area contributed by atoms with Crippen molar-refractivity contribution in [1.29, 1.82) is 0 Å². The lowest BCUT2D eigenvalue weighted by atomic mass is 9.99. The summed E-state index contributed by atoms with van der Waals surface area (Å²) in [6.07, 6.45) is 0.686. The maximum atomic E-state index is 12.1. The Morgan fingerprint density at radius 3 is 2.29 bits per heavy atom. The monoisotopic (exact) mass is 324 g/mol. The average molecular weight is 324 g/mol. The number of rotatable bonds is 6. The summed E-state index contributed by atoms with van der Waals surface area (Å²) in [6.45, 7) is -0.437. The molecule has 0 aromatic heterocycles. The number of nitrogens with zero attached hydrogens (tertiary/aromatic N) is 1. The van der Waals surface area contributed by atoms with E-state index in [0.29, 0.717) is 12.8 Å². The van der Waals surface area contributed by atoms with Crippen molar-refractivity contribution in [2.75, 3.05) is 33.9 Å². The highest BCUT2D eigenvalue weighted by Crippen LogP contribution is 2.20. The highest BCUT2D eigenvalue weighted by Gasteiger charge is 2.34. The van der Waals surface area contributed by atoms with Crippen molar-refractivity contribution in [2.24, 2.45) is 5.92 Å². The Morgan fingerprint density at radius 1 is 1.29 bits per heavy atom. The van der Waals surface area contributed by atoms with Gasteiger partial charge in [0.05, 0.1) is 26.7 Å². The van der Waals surface area contributed by atoms with Crippen LogP contribution in [-0.4, -0.2) is 69.7 Å². The van der Waals surface area contributed by atoms with Gasteiger partial charge >= 0.3 is 11.9 Å². The van der Waals surface area contributed by atoms with E-state index in [1.54, 1.807) is 0 Å². The number of nitrogens with one attached hydrogen (secondary N) is 1. The van der Waals surface area contributed by atoms with Gasteiger partial charge in [-0.25, -0.2) is 0 Å². The van der Waals surface area contributed by atoms with E-state index in [4.69, 9.17) is 5.11 Å². The summed E-state index contributed by atoms with van der Waals surface area (Å²) in [7, 11) is -1.55. The average Bonchev–Trinajstić information content (AvgIpc) is 2.51. The number of esters is 2. The third kappa shape index (κ3) is 4.63. The molecule has 1 heterocycles. The summed E-state index contributed by atoms with van der Waals surface area (Å²) < 4.78 is 36.4. The fraction of sp³-hybridized carbons (Fsp3) is 0.818. The van der Waals surface area contributed by atoms with Crippen LogP contribution in [-0.2, 0) is 29.3 Å². The first-order chi connectivity index (χ1) is 9.85. The number of hydrogen-bond donors (Lipinski definition) is 2. The van der Waals surface area contributed by atoms with Gasteiger partial charge in [0, 0.05) is 13.1 Å². The van der Waals surface area contributed by atoms with Gasteiger partial charge in [-0.1, -0.05) is 0 Å². The molecule has 1 fully saturated rings. The third-order valence-electron chi connectivity index (χ3n) is 3.29. The van der Waals surface area contributed by atoms with Gasteiger partial charge in [-0.3, -0.25) is 9.59 Å². The first kappa shape index (κ1) is 17.8. The van der Waals surface area contributed by atoms with Crippen LogP contribution >= 0.6 is 0 Å². The highest BCUT2D eigenvalue weighted by atomic mass is 32.2. The number of aliphatic hydroxyl groups excluding tert-OH is 1. The van der Waals surface area contributed by atoms with E-state index in [1.165, 1.54) is 7.11 Å². The lowest BCUT2D eigenvalue weighted by molar-refractivity contribution is -0.146. The van der Waals surface area contributed by atoms with E-state index in [9.17, 15) is 18.0 Å². The zero-order chi connectivity index (χ0) is 16.0. The van der Waals surface area contributed by atoms with E-state index in [-0.39, 0.29) is 25.0 Å². The number of hydrogen-bond acceptors (Lipinski definition) is 7. The highest BCUT2D eigenvalue weighted by molar-refractivity contribution is 7.87. The van der Waals surface area contributed by atoms with Crippen LogP contribution in [0.3, 0.4) is 0 Å². The predicted octanol–water partition coefficient (Wildman–Crippen LogP) is -1.76. The molecule has 0 bridgehead atoms. The Morgan fingerprint density at radius 2 is 1.86 bits per heavy atom. The number of ether oxygens (including phenoxy) is 2. The smallest absolute Gasteiger partial charge is 0.326 e. The van der Waals surface area contributed by atoms with Gasteiger partial charge in [0.15, 0.2) is 0 Å². The first-order valence-electron chi connectivity index (χ1n) is 6.39. The van der Waals surface area contributed by atoms with Gasteiger partial charge in [-0.2, -0.15) is 17.4 Å². The molecule has 122 valence electrons. The molecule has 2 N–H and O–H groups in total. The van der Waals surface area contributed by atoms with Crippen LogP contribution < -0.4 is 4.72 Å². The van der Waals surface area contributed by atoms with Crippen LogP contribution in [0, 0.1) is 5.92 Å². The molecular weight excluding hydrogens is 304 g/mol. The molecule has 1 saturated heterocycles. The fourth-order valence-corrected chi connectivity index (χ4v) is 3.43. The van der Waals surface area contributed by atoms with Crippen LogP contribution in [0.4, 0.5) is 0 Å². The minimum absolute atomic E-state index is 0.133. The van der Waals surface area contributed by atoms with Crippen LogP contribution in [0.25, 0.3) is 0 Å². The molecule has 1 unspecified atom stereocenters. The van der Waals surface area contributed by atoms with E-state index in [0.717, 1.165) is 11.4 Å². The maximum absolute atomic E-state index is 12.1. The molecule has 0 saturated carbocycles. The second kappa shape index (κ2) is 7.69. The van der Waals surface area contributed by atoms with Gasteiger partial charge < -0.3 is 14.6 Å². The zero-order valence-electron chi connectivity index (χ0n) is 11.9. The van der Waals surface area contributed by atoms with Crippen LogP contribution in [0.15, 0.2) is 0 Å². The quantitative estimate of drug-likeness (QED) is 0.555. The second-order valence-electron chi connectivity index (χ2n) is 4.58. The number of carbonyl (C=O) groups is 2. The van der Waals surface area contributed by atoms with Gasteiger partial charge in [0.1, 0.15) is 6.04 Å². The minimum atomic E-state index is -3.94. The van der Waals surface area contributed by atoms with E-state index < -0.39 is 28.8 Å². The molecule has 0 aromatic carbocycles. The second-order valence-corrected chi connectivity index (χ2v) is 6.28. The summed E-state index contributed by atoms with van der Waals surface area (Å²) in [4.78, 5) is 22.7. The van der Waals surface area contributed by atoms with Gasteiger partial charge in [0.2, 0.25) is 0 Å². The Kier molecular flexibility index (Phi) is 6.52. The van der Waals surface area contributed by atoms with Crippen molar-refractivity contribution >= 4 is 22.1 Å². The third-order valence-corrected chi connectivity index (χ3v) is 4.92. The maximum Gasteiger partial charge on any atom is 0.326 e. The number of methoxy groups -OCH3 is 2. The number of piperidine rings is 1. The van der Waals surface area contributed by atoms with Gasteiger partial charge in [-0.15, -0.1) is 0 Å². The summed E-state index contributed by atoms with van der Waals surface area (Å²) in [5, 5.41) is 9.03. The fourth-order valence-electron chi connectivity index (χ4n) is 2.06. The van der Waals surface area contributed by atoms with Gasteiger partial charge in [-0.05, 0) is 12.8 Å². The summed E-state index contributed by atoms with van der Waals surface area (Å²) >= 11 is 0. The lowest BCUT2D eigenvalue weighted by Crippen LogP contribution is -2.52. The molecule has 0 radical (unpaired) electrons. The van der Waals surface area contributed by atoms with Crippen molar-refractivity contribution < 1.29 is 32.6 Å². The van der Waals surface area contributed by atoms with Crippen molar-refractivity contribution in [2.45, 2.75) is 18.9 Å². The normalized spacial score (nSPS) is 19.0. The van der Waals surface area contributed by atoms with Crippen LogP contribution in [0.1, 0.15) is 12.8 Å². The summed E-state index contributed by atoms with van der Waals surface area (Å²) in [6, 6.07) is -1.35. The van der Waals surface area contributed by atoms with Crippen molar-refractivity contribution in [1.82, 2.24) is 9.03 Å². The molecular formula is C11H20N2O7S. The predicted molar refractivity (Wildman–Crippen MR) is 71.3 cm³/mol. The Hall–Kier alpha value is -1.23. The van der Waals surface area contributed by atoms with Crippen LogP contribution in [0.5, 0.6) is 0 Å². The summed E-state index contributed by atoms with van der Waals surface area (Å²) in [5.74, 6) is -1.55. The molecule has 10 heteroatoms. The molecule has 1 aliphatic heterocycles. The Balaban J connectivity index is 2.64. The van der Waals surface area contributed by atoms with Crippen molar-refractivity contribution in [3.63, 3.8) is 0 Å². The van der Waals surface area contributed by atoms with E-state index in [2.05, 4.69) is 14.2 Å². The van der Waals surface area contributed by atoms with Gasteiger partial charge in [0.25, 0.3) is 10.2 Å². The largest absolute Gasteiger partial charge is 0.469 e. The van der Waals surface area contributed by atoms with Crippen molar-refractivity contribution in [3.8, 4) is 0 Å². The molecule has 1 aliphatic rings. The topological polar surface area (TPSA) is 122 Å². The molecule has 0 amide bonds. The summed E-state index contributed by atoms with van der Waals surface area (Å²) in [5.41, 5.74) is 0. The van der Waals surface area contributed by atoms with Crippen molar-refractivity contribution in [3.05, 3.63) is 0 Å². The number of carbonyl (C=O) groups excluding carboxylic acids is 2. The lowest BCUT2D eigenvalue weighted by Gasteiger charge is -2.30. The first-order valence-corrected chi connectivity index (χ1v) is 7.83. The molecule has 0 aromatic rings. The molecule has 1 rings (SSSR count). The van der Waals surface area contributed by atoms with E-state index >= 15 is 0 Å². The SMILES string of the molecule is COC(=O)C1CCN(S(=O)(=O)NC(CO)C(=O)OC)CC1. The number of aliphatic hydroxyl groups is 1.